The maximum atomic E-state index is 13.3. The molecule has 0 amide bonds. The lowest BCUT2D eigenvalue weighted by Gasteiger charge is -2.20. The fraction of sp³-hybridized carbons (Fsp3) is 0.348. The number of pyridine rings is 1. The molecular weight excluding hydrogens is 435 g/mol. The number of halogens is 3. The summed E-state index contributed by atoms with van der Waals surface area (Å²) in [6.07, 6.45) is -1.81. The van der Waals surface area contributed by atoms with Crippen molar-refractivity contribution in [2.75, 3.05) is 31.4 Å². The van der Waals surface area contributed by atoms with E-state index in [1.807, 2.05) is 12.1 Å². The van der Waals surface area contributed by atoms with Gasteiger partial charge in [0.2, 0.25) is 5.88 Å². The third kappa shape index (κ3) is 4.85. The minimum absolute atomic E-state index is 0.0392. The average molecular weight is 459 g/mol. The quantitative estimate of drug-likeness (QED) is 0.523. The van der Waals surface area contributed by atoms with E-state index in [2.05, 4.69) is 20.3 Å². The zero-order chi connectivity index (χ0) is 23.8. The summed E-state index contributed by atoms with van der Waals surface area (Å²) in [5.74, 6) is 1.37. The lowest BCUT2D eigenvalue weighted by Crippen LogP contribution is -2.13. The molecule has 3 aromatic rings. The molecule has 1 aromatic carbocycles. The first kappa shape index (κ1) is 22.8. The molecule has 10 heteroatoms. The summed E-state index contributed by atoms with van der Waals surface area (Å²) in [6.45, 7) is 4.56. The number of nitrogens with one attached hydrogen (secondary N) is 1. The predicted octanol–water partition coefficient (Wildman–Crippen LogP) is 4.92. The lowest BCUT2D eigenvalue weighted by atomic mass is 10.0. The molecule has 3 heterocycles. The number of benzene rings is 1. The van der Waals surface area contributed by atoms with Gasteiger partial charge in [-0.3, -0.25) is 0 Å². The van der Waals surface area contributed by atoms with Gasteiger partial charge >= 0.3 is 6.18 Å². The first-order chi connectivity index (χ1) is 15.7. The van der Waals surface area contributed by atoms with Crippen LogP contribution in [0.2, 0.25) is 0 Å². The van der Waals surface area contributed by atoms with Crippen molar-refractivity contribution < 1.29 is 22.6 Å². The van der Waals surface area contributed by atoms with Crippen molar-refractivity contribution in [3.63, 3.8) is 0 Å². The highest BCUT2D eigenvalue weighted by atomic mass is 19.4. The van der Waals surface area contributed by atoms with E-state index in [1.54, 1.807) is 21.0 Å². The van der Waals surface area contributed by atoms with Crippen molar-refractivity contribution in [3.8, 4) is 5.88 Å². The van der Waals surface area contributed by atoms with E-state index in [-0.39, 0.29) is 5.69 Å². The monoisotopic (exact) mass is 459 g/mol. The van der Waals surface area contributed by atoms with Crippen LogP contribution in [0.5, 0.6) is 5.88 Å². The SMILES string of the molecule is COc1nc2nc(C)nc(N[C@H](C)c3cc(N)cc(C(F)(F)F)c3)c2cc1C1=CCOCC1. The second-order valence-corrected chi connectivity index (χ2v) is 7.84. The molecule has 1 aliphatic heterocycles. The molecule has 7 nitrogen and oxygen atoms in total. The van der Waals surface area contributed by atoms with Crippen molar-refractivity contribution in [1.29, 1.82) is 0 Å². The molecule has 1 aliphatic rings. The Balaban J connectivity index is 1.77. The number of alkyl halides is 3. The number of anilines is 2. The first-order valence-corrected chi connectivity index (χ1v) is 10.4. The molecule has 0 unspecified atom stereocenters. The molecule has 0 bridgehead atoms. The van der Waals surface area contributed by atoms with Crippen molar-refractivity contribution >= 4 is 28.1 Å². The zero-order valence-corrected chi connectivity index (χ0v) is 18.5. The van der Waals surface area contributed by atoms with Gasteiger partial charge in [-0.2, -0.15) is 18.2 Å². The van der Waals surface area contributed by atoms with Gasteiger partial charge in [-0.15, -0.1) is 0 Å². The van der Waals surface area contributed by atoms with Crippen molar-refractivity contribution in [2.45, 2.75) is 32.5 Å². The summed E-state index contributed by atoms with van der Waals surface area (Å²) in [7, 11) is 1.55. The molecule has 33 heavy (non-hydrogen) atoms. The zero-order valence-electron chi connectivity index (χ0n) is 18.5. The van der Waals surface area contributed by atoms with Crippen LogP contribution in [0.3, 0.4) is 0 Å². The normalized spacial score (nSPS) is 15.3. The highest BCUT2D eigenvalue weighted by Gasteiger charge is 2.31. The van der Waals surface area contributed by atoms with Gasteiger partial charge in [0.05, 0.1) is 37.3 Å². The lowest BCUT2D eigenvalue weighted by molar-refractivity contribution is -0.137. The number of nitrogen functional groups attached to an aromatic ring is 1. The smallest absolute Gasteiger partial charge is 0.416 e. The Hall–Kier alpha value is -3.40. The Kier molecular flexibility index (Phi) is 6.11. The topological polar surface area (TPSA) is 95.2 Å². The Morgan fingerprint density at radius 3 is 2.61 bits per heavy atom. The number of rotatable bonds is 5. The molecule has 0 saturated carbocycles. The highest BCUT2D eigenvalue weighted by molar-refractivity contribution is 5.91. The number of fused-ring (bicyclic) bond motifs is 1. The van der Waals surface area contributed by atoms with Gasteiger partial charge in [0.1, 0.15) is 11.6 Å². The molecule has 0 aliphatic carbocycles. The van der Waals surface area contributed by atoms with Crippen LogP contribution in [-0.2, 0) is 10.9 Å². The number of hydrogen-bond donors (Lipinski definition) is 2. The molecule has 4 rings (SSSR count). The number of ether oxygens (including phenoxy) is 2. The Bertz CT molecular complexity index is 1230. The van der Waals surface area contributed by atoms with E-state index in [1.165, 1.54) is 6.07 Å². The number of hydrogen-bond acceptors (Lipinski definition) is 7. The van der Waals surface area contributed by atoms with Gasteiger partial charge in [-0.05, 0) is 55.7 Å². The summed E-state index contributed by atoms with van der Waals surface area (Å²) in [6, 6.07) is 4.91. The van der Waals surface area contributed by atoms with Crippen molar-refractivity contribution in [1.82, 2.24) is 15.0 Å². The van der Waals surface area contributed by atoms with E-state index < -0.39 is 17.8 Å². The Morgan fingerprint density at radius 2 is 1.94 bits per heavy atom. The summed E-state index contributed by atoms with van der Waals surface area (Å²) < 4.78 is 50.7. The molecule has 3 N–H and O–H groups in total. The number of aryl methyl sites for hydroxylation is 1. The van der Waals surface area contributed by atoms with E-state index in [0.29, 0.717) is 53.8 Å². The van der Waals surface area contributed by atoms with Crippen LogP contribution in [0.15, 0.2) is 30.3 Å². The van der Waals surface area contributed by atoms with Gasteiger partial charge in [0, 0.05) is 11.3 Å². The average Bonchev–Trinajstić information content (AvgIpc) is 2.77. The molecule has 0 fully saturated rings. The minimum atomic E-state index is -4.49. The minimum Gasteiger partial charge on any atom is -0.481 e. The van der Waals surface area contributed by atoms with Crippen LogP contribution in [0.4, 0.5) is 24.7 Å². The highest BCUT2D eigenvalue weighted by Crippen LogP contribution is 2.36. The van der Waals surface area contributed by atoms with Gasteiger partial charge in [-0.1, -0.05) is 6.08 Å². The van der Waals surface area contributed by atoms with Crippen LogP contribution < -0.4 is 15.8 Å². The number of nitrogens with zero attached hydrogens (tertiary/aromatic N) is 3. The second-order valence-electron chi connectivity index (χ2n) is 7.84. The predicted molar refractivity (Wildman–Crippen MR) is 120 cm³/mol. The summed E-state index contributed by atoms with van der Waals surface area (Å²) in [4.78, 5) is 13.5. The fourth-order valence-corrected chi connectivity index (χ4v) is 3.79. The van der Waals surface area contributed by atoms with Crippen LogP contribution in [0, 0.1) is 6.92 Å². The number of nitrogens with two attached hydrogens (primary N) is 1. The van der Waals surface area contributed by atoms with Crippen LogP contribution in [-0.4, -0.2) is 35.3 Å². The van der Waals surface area contributed by atoms with E-state index in [9.17, 15) is 13.2 Å². The fourth-order valence-electron chi connectivity index (χ4n) is 3.79. The molecule has 174 valence electrons. The van der Waals surface area contributed by atoms with Gasteiger partial charge < -0.3 is 20.5 Å². The van der Waals surface area contributed by atoms with Crippen LogP contribution in [0.1, 0.15) is 41.9 Å². The first-order valence-electron chi connectivity index (χ1n) is 10.4. The van der Waals surface area contributed by atoms with Gasteiger partial charge in [0.15, 0.2) is 5.65 Å². The van der Waals surface area contributed by atoms with E-state index in [4.69, 9.17) is 15.2 Å². The largest absolute Gasteiger partial charge is 0.481 e. The standard InChI is InChI=1S/C23H24F3N5O2/c1-12(15-8-16(23(24,25)26)10-17(27)9-15)28-20-19-11-18(14-4-6-33-7-5-14)22(32-3)31-21(19)30-13(2)29-20/h4,8-12H,5-7,27H2,1-3H3,(H,28,29,30,31)/t12-/m1/s1. The van der Waals surface area contributed by atoms with Gasteiger partial charge in [-0.25, -0.2) is 9.97 Å². The van der Waals surface area contributed by atoms with E-state index >= 15 is 0 Å². The Labute approximate surface area is 188 Å². The summed E-state index contributed by atoms with van der Waals surface area (Å²) in [5, 5.41) is 3.85. The molecule has 0 spiro atoms. The number of aromatic nitrogens is 3. The molecule has 1 atom stereocenters. The third-order valence-corrected chi connectivity index (χ3v) is 5.42. The number of methoxy groups -OCH3 is 1. The van der Waals surface area contributed by atoms with Crippen molar-refractivity contribution in [2.24, 2.45) is 0 Å². The summed E-state index contributed by atoms with van der Waals surface area (Å²) >= 11 is 0. The van der Waals surface area contributed by atoms with Crippen LogP contribution >= 0.6 is 0 Å². The molecular formula is C23H24F3N5O2. The Morgan fingerprint density at radius 1 is 1.15 bits per heavy atom. The maximum Gasteiger partial charge on any atom is 0.416 e. The van der Waals surface area contributed by atoms with Crippen molar-refractivity contribution in [3.05, 3.63) is 52.9 Å². The molecule has 2 aromatic heterocycles. The van der Waals surface area contributed by atoms with E-state index in [0.717, 1.165) is 23.3 Å². The maximum absolute atomic E-state index is 13.3. The van der Waals surface area contributed by atoms with Gasteiger partial charge in [0.25, 0.3) is 0 Å². The van der Waals surface area contributed by atoms with Crippen LogP contribution in [0.25, 0.3) is 16.6 Å². The molecule has 0 saturated heterocycles. The summed E-state index contributed by atoms with van der Waals surface area (Å²) in [5.41, 5.74) is 7.64. The second kappa shape index (κ2) is 8.86. The third-order valence-electron chi connectivity index (χ3n) is 5.42. The molecule has 0 radical (unpaired) electrons.